The van der Waals surface area contributed by atoms with Crippen molar-refractivity contribution in [1.82, 2.24) is 9.97 Å². The van der Waals surface area contributed by atoms with Crippen molar-refractivity contribution in [2.75, 3.05) is 17.7 Å². The van der Waals surface area contributed by atoms with E-state index in [1.807, 2.05) is 25.2 Å². The maximum absolute atomic E-state index is 4.23. The topological polar surface area (TPSA) is 49.8 Å². The second kappa shape index (κ2) is 6.16. The average molecular weight is 484 g/mol. The Morgan fingerprint density at radius 3 is 2.61 bits per heavy atom. The van der Waals surface area contributed by atoms with Gasteiger partial charge in [0.25, 0.3) is 0 Å². The molecule has 1 aromatic heterocycles. The summed E-state index contributed by atoms with van der Waals surface area (Å²) in [7, 11) is 1.82. The number of nitrogens with one attached hydrogen (secondary N) is 2. The first-order valence-electron chi connectivity index (χ1n) is 5.02. The van der Waals surface area contributed by atoms with Crippen molar-refractivity contribution in [3.63, 3.8) is 0 Å². The molecule has 0 spiro atoms. The Morgan fingerprint density at radius 2 is 1.89 bits per heavy atom. The molecule has 0 unspecified atom stereocenters. The second-order valence-electron chi connectivity index (χ2n) is 3.38. The van der Waals surface area contributed by atoms with Gasteiger partial charge >= 0.3 is 0 Å². The lowest BCUT2D eigenvalue weighted by atomic mass is 10.3. The largest absolute Gasteiger partial charge is 0.372 e. The van der Waals surface area contributed by atoms with E-state index < -0.39 is 0 Å². The highest BCUT2D eigenvalue weighted by Crippen LogP contribution is 2.31. The minimum absolute atomic E-state index is 0.727. The van der Waals surface area contributed by atoms with Gasteiger partial charge < -0.3 is 10.6 Å². The minimum atomic E-state index is 0.727. The van der Waals surface area contributed by atoms with Gasteiger partial charge in [0.15, 0.2) is 0 Å². The zero-order valence-corrected chi connectivity index (χ0v) is 14.7. The summed E-state index contributed by atoms with van der Waals surface area (Å²) in [6.45, 7) is 0. The van der Waals surface area contributed by atoms with Crippen molar-refractivity contribution >= 4 is 71.8 Å². The molecule has 7 heteroatoms. The number of halogens is 3. The van der Waals surface area contributed by atoms with E-state index in [1.165, 1.54) is 6.33 Å². The summed E-state index contributed by atoms with van der Waals surface area (Å²) in [5.74, 6) is 1.47. The molecule has 0 fully saturated rings. The Bertz CT molecular complexity index is 577. The Balaban J connectivity index is 2.37. The van der Waals surface area contributed by atoms with E-state index in [-0.39, 0.29) is 0 Å². The Morgan fingerprint density at radius 1 is 1.17 bits per heavy atom. The third-order valence-corrected chi connectivity index (χ3v) is 4.39. The van der Waals surface area contributed by atoms with Gasteiger partial charge in [-0.2, -0.15) is 0 Å². The van der Waals surface area contributed by atoms with Gasteiger partial charge in [0, 0.05) is 15.1 Å². The summed E-state index contributed by atoms with van der Waals surface area (Å²) in [5, 5.41) is 6.28. The highest BCUT2D eigenvalue weighted by atomic mass is 127. The van der Waals surface area contributed by atoms with E-state index in [1.54, 1.807) is 0 Å². The molecule has 1 heterocycles. The minimum Gasteiger partial charge on any atom is -0.372 e. The van der Waals surface area contributed by atoms with Crippen LogP contribution >= 0.6 is 54.5 Å². The van der Waals surface area contributed by atoms with Crippen molar-refractivity contribution in [1.29, 1.82) is 0 Å². The third-order valence-electron chi connectivity index (χ3n) is 2.21. The second-order valence-corrected chi connectivity index (χ2v) is 6.25. The first-order chi connectivity index (χ1) is 8.61. The molecule has 18 heavy (non-hydrogen) atoms. The first-order valence-corrected chi connectivity index (χ1v) is 7.68. The lowest BCUT2D eigenvalue weighted by Gasteiger charge is -2.11. The quantitative estimate of drug-likeness (QED) is 0.636. The molecule has 0 radical (unpaired) electrons. The van der Waals surface area contributed by atoms with Crippen LogP contribution in [0.4, 0.5) is 17.3 Å². The van der Waals surface area contributed by atoms with Gasteiger partial charge in [0.05, 0.1) is 5.69 Å². The van der Waals surface area contributed by atoms with Gasteiger partial charge in [-0.1, -0.05) is 15.9 Å². The fourth-order valence-corrected chi connectivity index (χ4v) is 2.69. The summed E-state index contributed by atoms with van der Waals surface area (Å²) in [6.07, 6.45) is 1.52. The van der Waals surface area contributed by atoms with E-state index in [9.17, 15) is 0 Å². The van der Waals surface area contributed by atoms with Crippen molar-refractivity contribution < 1.29 is 0 Å². The van der Waals surface area contributed by atoms with Crippen LogP contribution in [0, 0.1) is 3.57 Å². The Kier molecular flexibility index (Phi) is 4.79. The Hall–Kier alpha value is -0.410. The van der Waals surface area contributed by atoms with Crippen LogP contribution in [-0.2, 0) is 0 Å². The molecule has 94 valence electrons. The highest BCUT2D eigenvalue weighted by Gasteiger charge is 2.09. The van der Waals surface area contributed by atoms with Gasteiger partial charge in [0.2, 0.25) is 0 Å². The molecular weight excluding hydrogens is 475 g/mol. The van der Waals surface area contributed by atoms with E-state index in [0.29, 0.717) is 0 Å². The van der Waals surface area contributed by atoms with Gasteiger partial charge in [-0.15, -0.1) is 0 Å². The van der Waals surface area contributed by atoms with Crippen molar-refractivity contribution in [2.24, 2.45) is 0 Å². The number of benzene rings is 1. The summed E-state index contributed by atoms with van der Waals surface area (Å²) in [6, 6.07) is 6.04. The van der Waals surface area contributed by atoms with Gasteiger partial charge in [-0.3, -0.25) is 0 Å². The molecule has 2 aromatic rings. The van der Waals surface area contributed by atoms with Crippen molar-refractivity contribution in [3.8, 4) is 0 Å². The molecule has 0 aliphatic heterocycles. The molecule has 4 nitrogen and oxygen atoms in total. The predicted octanol–water partition coefficient (Wildman–Crippen LogP) is 4.39. The number of hydrogen-bond donors (Lipinski definition) is 2. The summed E-state index contributed by atoms with van der Waals surface area (Å²) >= 11 is 9.21. The van der Waals surface area contributed by atoms with Crippen molar-refractivity contribution in [3.05, 3.63) is 37.0 Å². The third kappa shape index (κ3) is 3.12. The van der Waals surface area contributed by atoms with Gasteiger partial charge in [0.1, 0.15) is 22.4 Å². The number of nitrogens with zero attached hydrogens (tertiary/aromatic N) is 2. The molecule has 0 aliphatic rings. The van der Waals surface area contributed by atoms with Crippen LogP contribution in [0.5, 0.6) is 0 Å². The first kappa shape index (κ1) is 14.0. The van der Waals surface area contributed by atoms with E-state index >= 15 is 0 Å². The maximum atomic E-state index is 4.23. The molecule has 0 bridgehead atoms. The SMILES string of the molecule is CNc1ncnc(Nc2cc(Br)ccc2I)c1Br. The number of anilines is 3. The monoisotopic (exact) mass is 482 g/mol. The fourth-order valence-electron chi connectivity index (χ4n) is 1.35. The summed E-state index contributed by atoms with van der Waals surface area (Å²) in [5.41, 5.74) is 0.992. The predicted molar refractivity (Wildman–Crippen MR) is 89.4 cm³/mol. The lowest BCUT2D eigenvalue weighted by Crippen LogP contribution is -2.01. The molecule has 0 saturated carbocycles. The van der Waals surface area contributed by atoms with E-state index in [4.69, 9.17) is 0 Å². The van der Waals surface area contributed by atoms with Gasteiger partial charge in [-0.25, -0.2) is 9.97 Å². The molecule has 0 atom stereocenters. The van der Waals surface area contributed by atoms with Crippen LogP contribution in [0.2, 0.25) is 0 Å². The Labute approximate surface area is 135 Å². The summed E-state index contributed by atoms with van der Waals surface area (Å²) in [4.78, 5) is 8.34. The van der Waals surface area contributed by atoms with Crippen molar-refractivity contribution in [2.45, 2.75) is 0 Å². The normalized spacial score (nSPS) is 10.2. The average Bonchev–Trinajstić information content (AvgIpc) is 2.36. The van der Waals surface area contributed by atoms with E-state index in [0.717, 1.165) is 29.8 Å². The smallest absolute Gasteiger partial charge is 0.150 e. The zero-order valence-electron chi connectivity index (χ0n) is 9.34. The molecule has 0 aliphatic carbocycles. The molecule has 2 rings (SSSR count). The van der Waals surface area contributed by atoms with Crippen LogP contribution < -0.4 is 10.6 Å². The molecule has 1 aromatic carbocycles. The van der Waals surface area contributed by atoms with Crippen LogP contribution in [0.1, 0.15) is 0 Å². The molecular formula is C11H9Br2IN4. The van der Waals surface area contributed by atoms with Crippen LogP contribution in [0.3, 0.4) is 0 Å². The summed E-state index contributed by atoms with van der Waals surface area (Å²) < 4.78 is 2.94. The van der Waals surface area contributed by atoms with Crippen LogP contribution in [0.25, 0.3) is 0 Å². The number of rotatable bonds is 3. The molecule has 0 amide bonds. The lowest BCUT2D eigenvalue weighted by molar-refractivity contribution is 1.14. The highest BCUT2D eigenvalue weighted by molar-refractivity contribution is 14.1. The standard InChI is InChI=1S/C11H9Br2IN4/c1-15-10-9(13)11(17-5-16-10)18-8-4-6(12)2-3-7(8)14/h2-5H,1H3,(H2,15,16,17,18). The fraction of sp³-hybridized carbons (Fsp3) is 0.0909. The van der Waals surface area contributed by atoms with Crippen LogP contribution in [-0.4, -0.2) is 17.0 Å². The molecule has 0 saturated heterocycles. The molecule has 2 N–H and O–H groups in total. The van der Waals surface area contributed by atoms with Crippen LogP contribution in [0.15, 0.2) is 33.5 Å². The van der Waals surface area contributed by atoms with E-state index in [2.05, 4.69) is 75.1 Å². The number of hydrogen-bond acceptors (Lipinski definition) is 4. The zero-order chi connectivity index (χ0) is 13.1. The van der Waals surface area contributed by atoms with Gasteiger partial charge in [-0.05, 0) is 56.7 Å². The number of aromatic nitrogens is 2. The maximum Gasteiger partial charge on any atom is 0.150 e.